The molecule has 3 aromatic carbocycles. The van der Waals surface area contributed by atoms with Crippen molar-refractivity contribution >= 4 is 11.8 Å². The molecule has 0 radical (unpaired) electrons. The maximum absolute atomic E-state index is 13.4. The third-order valence-corrected chi connectivity index (χ3v) is 6.49. The molecule has 36 heavy (non-hydrogen) atoms. The average molecular weight is 486 g/mol. The Morgan fingerprint density at radius 2 is 1.47 bits per heavy atom. The zero-order chi connectivity index (χ0) is 25.5. The Morgan fingerprint density at radius 3 is 2.00 bits per heavy atom. The van der Waals surface area contributed by atoms with Crippen molar-refractivity contribution in [1.29, 1.82) is 0 Å². The topological polar surface area (TPSA) is 61.9 Å². The summed E-state index contributed by atoms with van der Waals surface area (Å²) in [5.74, 6) is 0.816. The van der Waals surface area contributed by atoms with E-state index in [2.05, 4.69) is 10.2 Å². The summed E-state index contributed by atoms with van der Waals surface area (Å²) < 4.78 is 5.79. The number of piperazine rings is 1. The normalized spacial score (nSPS) is 16.2. The third kappa shape index (κ3) is 6.52. The van der Waals surface area contributed by atoms with Gasteiger partial charge in [0.15, 0.2) is 0 Å². The first-order valence-electron chi connectivity index (χ1n) is 12.6. The van der Waals surface area contributed by atoms with E-state index in [4.69, 9.17) is 4.74 Å². The molecule has 6 heteroatoms. The third-order valence-electron chi connectivity index (χ3n) is 6.49. The van der Waals surface area contributed by atoms with Crippen molar-refractivity contribution in [1.82, 2.24) is 15.1 Å². The lowest BCUT2D eigenvalue weighted by molar-refractivity contribution is -0.132. The van der Waals surface area contributed by atoms with Crippen LogP contribution in [0.4, 0.5) is 0 Å². The van der Waals surface area contributed by atoms with Gasteiger partial charge in [-0.25, -0.2) is 0 Å². The molecule has 188 valence electrons. The highest BCUT2D eigenvalue weighted by Crippen LogP contribution is 2.28. The summed E-state index contributed by atoms with van der Waals surface area (Å²) in [6.45, 7) is 7.63. The van der Waals surface area contributed by atoms with E-state index < -0.39 is 0 Å². The lowest BCUT2D eigenvalue weighted by Crippen LogP contribution is -2.52. The maximum atomic E-state index is 13.4. The molecule has 3 aromatic rings. The van der Waals surface area contributed by atoms with Gasteiger partial charge in [0.25, 0.3) is 0 Å². The van der Waals surface area contributed by atoms with Gasteiger partial charge in [0.1, 0.15) is 5.75 Å². The number of ether oxygens (including phenoxy) is 1. The molecule has 1 saturated heterocycles. The van der Waals surface area contributed by atoms with Crippen molar-refractivity contribution in [2.45, 2.75) is 39.0 Å². The number of nitrogens with one attached hydrogen (secondary N) is 1. The van der Waals surface area contributed by atoms with Gasteiger partial charge in [-0.15, -0.1) is 0 Å². The van der Waals surface area contributed by atoms with Crippen molar-refractivity contribution in [2.24, 2.45) is 0 Å². The van der Waals surface area contributed by atoms with Crippen LogP contribution in [-0.2, 0) is 9.59 Å². The van der Waals surface area contributed by atoms with Gasteiger partial charge in [-0.2, -0.15) is 0 Å². The van der Waals surface area contributed by atoms with Crippen molar-refractivity contribution < 1.29 is 14.3 Å². The summed E-state index contributed by atoms with van der Waals surface area (Å²) in [5.41, 5.74) is 3.14. The van der Waals surface area contributed by atoms with Crippen LogP contribution in [-0.4, -0.2) is 53.9 Å². The molecule has 0 aliphatic carbocycles. The molecular formula is C30H35N3O3. The summed E-state index contributed by atoms with van der Waals surface area (Å²) in [6.07, 6.45) is 0.0982. The molecule has 1 fully saturated rings. The van der Waals surface area contributed by atoms with Crippen molar-refractivity contribution in [3.8, 4) is 5.75 Å². The van der Waals surface area contributed by atoms with Crippen LogP contribution in [0.15, 0.2) is 84.9 Å². The largest absolute Gasteiger partial charge is 0.491 e. The molecule has 2 amide bonds. The summed E-state index contributed by atoms with van der Waals surface area (Å²) >= 11 is 0. The Labute approximate surface area is 213 Å². The molecule has 6 nitrogen and oxygen atoms in total. The predicted molar refractivity (Wildman–Crippen MR) is 142 cm³/mol. The van der Waals surface area contributed by atoms with Crippen LogP contribution in [0.3, 0.4) is 0 Å². The Bertz CT molecular complexity index is 1090. The molecule has 1 aliphatic rings. The SMILES string of the molecule is CC(=O)N1CCN(CC(=O)NC(c2ccccc2)c2ccccc2)[C@H](c2ccc(OC(C)C)cc2)C1. The molecule has 0 aromatic heterocycles. The van der Waals surface area contributed by atoms with E-state index in [1.165, 1.54) is 0 Å². The van der Waals surface area contributed by atoms with E-state index in [9.17, 15) is 9.59 Å². The first kappa shape index (κ1) is 25.5. The number of rotatable bonds is 8. The first-order chi connectivity index (χ1) is 17.4. The molecule has 0 saturated carbocycles. The number of hydrogen-bond acceptors (Lipinski definition) is 4. The van der Waals surface area contributed by atoms with Crippen LogP contribution in [0.2, 0.25) is 0 Å². The fourth-order valence-corrected chi connectivity index (χ4v) is 4.69. The molecule has 0 unspecified atom stereocenters. The van der Waals surface area contributed by atoms with Crippen LogP contribution < -0.4 is 10.1 Å². The Hall–Kier alpha value is -3.64. The lowest BCUT2D eigenvalue weighted by Gasteiger charge is -2.41. The van der Waals surface area contributed by atoms with E-state index in [0.29, 0.717) is 19.6 Å². The highest BCUT2D eigenvalue weighted by Gasteiger charge is 2.31. The average Bonchev–Trinajstić information content (AvgIpc) is 2.88. The molecule has 1 atom stereocenters. The molecule has 1 aliphatic heterocycles. The van der Waals surface area contributed by atoms with Gasteiger partial charge in [-0.05, 0) is 42.7 Å². The van der Waals surface area contributed by atoms with Crippen LogP contribution in [0.1, 0.15) is 49.5 Å². The van der Waals surface area contributed by atoms with Crippen LogP contribution in [0.25, 0.3) is 0 Å². The van der Waals surface area contributed by atoms with Gasteiger partial charge in [0.2, 0.25) is 11.8 Å². The monoisotopic (exact) mass is 485 g/mol. The first-order valence-corrected chi connectivity index (χ1v) is 12.6. The van der Waals surface area contributed by atoms with E-state index in [1.54, 1.807) is 6.92 Å². The standard InChI is InChI=1S/C30H35N3O3/c1-22(2)36-27-16-14-24(15-17-27)28-20-32(23(3)34)18-19-33(28)21-29(35)31-30(25-10-6-4-7-11-25)26-12-8-5-9-13-26/h4-17,22,28,30H,18-21H2,1-3H3,(H,31,35)/t28-/m0/s1. The van der Waals surface area contributed by atoms with Gasteiger partial charge in [0, 0.05) is 26.6 Å². The van der Waals surface area contributed by atoms with E-state index in [-0.39, 0.29) is 36.5 Å². The summed E-state index contributed by atoms with van der Waals surface area (Å²) in [5, 5.41) is 3.25. The van der Waals surface area contributed by atoms with Gasteiger partial charge in [-0.3, -0.25) is 14.5 Å². The minimum absolute atomic E-state index is 0.0475. The Kier molecular flexibility index (Phi) is 8.39. The van der Waals surface area contributed by atoms with Gasteiger partial charge >= 0.3 is 0 Å². The van der Waals surface area contributed by atoms with Crippen molar-refractivity contribution in [3.05, 3.63) is 102 Å². The fourth-order valence-electron chi connectivity index (χ4n) is 4.69. The van der Waals surface area contributed by atoms with E-state index in [1.807, 2.05) is 104 Å². The van der Waals surface area contributed by atoms with Crippen molar-refractivity contribution in [2.75, 3.05) is 26.2 Å². The summed E-state index contributed by atoms with van der Waals surface area (Å²) in [4.78, 5) is 29.6. The van der Waals surface area contributed by atoms with Crippen molar-refractivity contribution in [3.63, 3.8) is 0 Å². The predicted octanol–water partition coefficient (Wildman–Crippen LogP) is 4.58. The van der Waals surface area contributed by atoms with Gasteiger partial charge in [-0.1, -0.05) is 72.8 Å². The maximum Gasteiger partial charge on any atom is 0.234 e. The Morgan fingerprint density at radius 1 is 0.889 bits per heavy atom. The second-order valence-corrected chi connectivity index (χ2v) is 9.51. The second kappa shape index (κ2) is 11.9. The summed E-state index contributed by atoms with van der Waals surface area (Å²) in [6, 6.07) is 27.7. The number of benzene rings is 3. The number of carbonyl (C=O) groups excluding carboxylic acids is 2. The highest BCUT2D eigenvalue weighted by molar-refractivity contribution is 5.79. The smallest absolute Gasteiger partial charge is 0.234 e. The van der Waals surface area contributed by atoms with E-state index >= 15 is 0 Å². The van der Waals surface area contributed by atoms with Crippen LogP contribution >= 0.6 is 0 Å². The molecule has 1 N–H and O–H groups in total. The molecule has 0 bridgehead atoms. The minimum Gasteiger partial charge on any atom is -0.491 e. The molecule has 4 rings (SSSR count). The highest BCUT2D eigenvalue weighted by atomic mass is 16.5. The zero-order valence-electron chi connectivity index (χ0n) is 21.3. The number of carbonyl (C=O) groups is 2. The fraction of sp³-hybridized carbons (Fsp3) is 0.333. The second-order valence-electron chi connectivity index (χ2n) is 9.51. The van der Waals surface area contributed by atoms with Crippen LogP contribution in [0, 0.1) is 0 Å². The van der Waals surface area contributed by atoms with Gasteiger partial charge < -0.3 is 15.0 Å². The Balaban J connectivity index is 1.52. The molecule has 0 spiro atoms. The molecular weight excluding hydrogens is 450 g/mol. The minimum atomic E-state index is -0.232. The van der Waals surface area contributed by atoms with Gasteiger partial charge in [0.05, 0.1) is 24.7 Å². The number of amides is 2. The van der Waals surface area contributed by atoms with Crippen LogP contribution in [0.5, 0.6) is 5.75 Å². The summed E-state index contributed by atoms with van der Waals surface area (Å²) in [7, 11) is 0. The quantitative estimate of drug-likeness (QED) is 0.507. The number of hydrogen-bond donors (Lipinski definition) is 1. The number of nitrogens with zero attached hydrogens (tertiary/aromatic N) is 2. The zero-order valence-corrected chi connectivity index (χ0v) is 21.3. The van der Waals surface area contributed by atoms with E-state index in [0.717, 1.165) is 22.4 Å². The lowest BCUT2D eigenvalue weighted by atomic mass is 9.98. The molecule has 1 heterocycles.